The summed E-state index contributed by atoms with van der Waals surface area (Å²) in [7, 11) is 0. The normalized spacial score (nSPS) is 11.7. The van der Waals surface area contributed by atoms with Crippen LogP contribution < -0.4 is 10.1 Å². The van der Waals surface area contributed by atoms with Gasteiger partial charge in [-0.25, -0.2) is 4.39 Å². The average Bonchev–Trinajstić information content (AvgIpc) is 2.52. The molecule has 0 heterocycles. The van der Waals surface area contributed by atoms with Gasteiger partial charge in [-0.15, -0.1) is 0 Å². The molecule has 1 N–H and O–H groups in total. The predicted octanol–water partition coefficient (Wildman–Crippen LogP) is 3.58. The average molecular weight is 284 g/mol. The van der Waals surface area contributed by atoms with Gasteiger partial charge in [0.1, 0.15) is 17.6 Å². The van der Waals surface area contributed by atoms with Crippen LogP contribution in [0, 0.1) is 17.1 Å². The lowest BCUT2D eigenvalue weighted by Gasteiger charge is -2.16. The van der Waals surface area contributed by atoms with Crippen LogP contribution in [0.2, 0.25) is 0 Å². The molecule has 1 atom stereocenters. The Morgan fingerprint density at radius 1 is 1.19 bits per heavy atom. The summed E-state index contributed by atoms with van der Waals surface area (Å²) in [5.41, 5.74) is 2.01. The van der Waals surface area contributed by atoms with Crippen LogP contribution in [0.3, 0.4) is 0 Å². The summed E-state index contributed by atoms with van der Waals surface area (Å²) in [6.45, 7) is 2.66. The quantitative estimate of drug-likeness (QED) is 0.882. The van der Waals surface area contributed by atoms with Gasteiger partial charge in [0.15, 0.2) is 6.61 Å². The third-order valence-electron chi connectivity index (χ3n) is 3.23. The van der Waals surface area contributed by atoms with E-state index in [9.17, 15) is 4.39 Å². The molecule has 3 nitrogen and oxygen atoms in total. The van der Waals surface area contributed by atoms with Crippen molar-refractivity contribution in [2.45, 2.75) is 19.5 Å². The fourth-order valence-corrected chi connectivity index (χ4v) is 2.03. The first-order valence-corrected chi connectivity index (χ1v) is 6.77. The highest BCUT2D eigenvalue weighted by molar-refractivity contribution is 5.33. The van der Waals surface area contributed by atoms with Gasteiger partial charge in [-0.3, -0.25) is 0 Å². The van der Waals surface area contributed by atoms with Crippen LogP contribution in [-0.2, 0) is 6.54 Å². The zero-order valence-electron chi connectivity index (χ0n) is 11.8. The Balaban J connectivity index is 1.99. The van der Waals surface area contributed by atoms with E-state index < -0.39 is 0 Å². The lowest BCUT2D eigenvalue weighted by molar-refractivity contribution is 0.361. The van der Waals surface area contributed by atoms with Crippen molar-refractivity contribution in [2.75, 3.05) is 6.61 Å². The van der Waals surface area contributed by atoms with Crippen molar-refractivity contribution >= 4 is 0 Å². The molecule has 0 spiro atoms. The predicted molar refractivity (Wildman–Crippen MR) is 79.2 cm³/mol. The minimum Gasteiger partial charge on any atom is -0.478 e. The molecule has 0 saturated carbocycles. The third kappa shape index (κ3) is 4.30. The Bertz CT molecular complexity index is 619. The molecule has 2 aromatic rings. The van der Waals surface area contributed by atoms with Gasteiger partial charge in [-0.05, 0) is 30.7 Å². The number of ether oxygens (including phenoxy) is 1. The Labute approximate surface area is 124 Å². The van der Waals surface area contributed by atoms with Crippen LogP contribution >= 0.6 is 0 Å². The molecular formula is C17H17FN2O. The van der Waals surface area contributed by atoms with E-state index in [1.165, 1.54) is 12.1 Å². The number of halogens is 1. The van der Waals surface area contributed by atoms with Gasteiger partial charge in [0.25, 0.3) is 0 Å². The number of nitrogens with one attached hydrogen (secondary N) is 1. The summed E-state index contributed by atoms with van der Waals surface area (Å²) < 4.78 is 18.3. The number of nitriles is 1. The number of hydrogen-bond acceptors (Lipinski definition) is 3. The molecule has 0 aromatic heterocycles. The first-order valence-electron chi connectivity index (χ1n) is 6.77. The number of hydrogen-bond donors (Lipinski definition) is 1. The van der Waals surface area contributed by atoms with Gasteiger partial charge >= 0.3 is 0 Å². The molecule has 0 saturated heterocycles. The standard InChI is InChI=1S/C17H17FN2O/c1-13(14-6-8-16(18)9-7-14)20-12-15-4-2-3-5-17(15)21-11-10-19/h2-9,13,20H,11-12H2,1H3/t13-/m0/s1. The van der Waals surface area contributed by atoms with Crippen LogP contribution in [0.4, 0.5) is 4.39 Å². The molecule has 2 aromatic carbocycles. The third-order valence-corrected chi connectivity index (χ3v) is 3.23. The number of nitrogens with zero attached hydrogens (tertiary/aromatic N) is 1. The smallest absolute Gasteiger partial charge is 0.174 e. The summed E-state index contributed by atoms with van der Waals surface area (Å²) in [5, 5.41) is 12.0. The molecule has 21 heavy (non-hydrogen) atoms. The molecule has 108 valence electrons. The number of rotatable bonds is 6. The van der Waals surface area contributed by atoms with Gasteiger partial charge in [-0.1, -0.05) is 30.3 Å². The van der Waals surface area contributed by atoms with E-state index in [1.807, 2.05) is 37.3 Å². The second-order valence-corrected chi connectivity index (χ2v) is 4.71. The number of para-hydroxylation sites is 1. The Hall–Kier alpha value is -2.38. The van der Waals surface area contributed by atoms with Crippen LogP contribution in [0.15, 0.2) is 48.5 Å². The second-order valence-electron chi connectivity index (χ2n) is 4.71. The van der Waals surface area contributed by atoms with E-state index in [4.69, 9.17) is 10.00 Å². The van der Waals surface area contributed by atoms with Crippen molar-refractivity contribution in [3.8, 4) is 11.8 Å². The van der Waals surface area contributed by atoms with Crippen LogP contribution in [-0.4, -0.2) is 6.61 Å². The molecule has 2 rings (SSSR count). The second kappa shape index (κ2) is 7.41. The molecule has 0 unspecified atom stereocenters. The zero-order valence-corrected chi connectivity index (χ0v) is 11.8. The van der Waals surface area contributed by atoms with Gasteiger partial charge < -0.3 is 10.1 Å². The fourth-order valence-electron chi connectivity index (χ4n) is 2.03. The molecule has 0 bridgehead atoms. The largest absolute Gasteiger partial charge is 0.478 e. The first kappa shape index (κ1) is 15.0. The minimum absolute atomic E-state index is 0.0323. The fraction of sp³-hybridized carbons (Fsp3) is 0.235. The van der Waals surface area contributed by atoms with Gasteiger partial charge in [0.2, 0.25) is 0 Å². The van der Waals surface area contributed by atoms with Crippen molar-refractivity contribution in [3.63, 3.8) is 0 Å². The summed E-state index contributed by atoms with van der Waals surface area (Å²) in [5.74, 6) is 0.471. The zero-order chi connectivity index (χ0) is 15.1. The molecule has 0 aliphatic heterocycles. The summed E-state index contributed by atoms with van der Waals surface area (Å²) in [6.07, 6.45) is 0. The summed E-state index contributed by atoms with van der Waals surface area (Å²) in [6, 6.07) is 16.1. The summed E-state index contributed by atoms with van der Waals surface area (Å²) >= 11 is 0. The van der Waals surface area contributed by atoms with Crippen molar-refractivity contribution in [1.82, 2.24) is 5.32 Å². The van der Waals surface area contributed by atoms with Gasteiger partial charge in [-0.2, -0.15) is 5.26 Å². The van der Waals surface area contributed by atoms with E-state index in [0.29, 0.717) is 12.3 Å². The molecule has 0 aliphatic rings. The van der Waals surface area contributed by atoms with Gasteiger partial charge in [0, 0.05) is 18.2 Å². The van der Waals surface area contributed by atoms with Crippen LogP contribution in [0.1, 0.15) is 24.1 Å². The maximum atomic E-state index is 12.9. The van der Waals surface area contributed by atoms with E-state index in [0.717, 1.165) is 11.1 Å². The Morgan fingerprint density at radius 2 is 1.90 bits per heavy atom. The molecule has 4 heteroatoms. The highest BCUT2D eigenvalue weighted by Crippen LogP contribution is 2.19. The van der Waals surface area contributed by atoms with Crippen LogP contribution in [0.25, 0.3) is 0 Å². The number of benzene rings is 2. The lowest BCUT2D eigenvalue weighted by atomic mass is 10.1. The van der Waals surface area contributed by atoms with Crippen LogP contribution in [0.5, 0.6) is 5.75 Å². The molecule has 0 aliphatic carbocycles. The maximum Gasteiger partial charge on any atom is 0.174 e. The molecule has 0 radical (unpaired) electrons. The van der Waals surface area contributed by atoms with Crippen molar-refractivity contribution in [3.05, 3.63) is 65.5 Å². The highest BCUT2D eigenvalue weighted by atomic mass is 19.1. The van der Waals surface area contributed by atoms with Crippen molar-refractivity contribution < 1.29 is 9.13 Å². The Morgan fingerprint density at radius 3 is 2.62 bits per heavy atom. The minimum atomic E-state index is -0.235. The van der Waals surface area contributed by atoms with E-state index in [2.05, 4.69) is 5.32 Å². The lowest BCUT2D eigenvalue weighted by Crippen LogP contribution is -2.18. The molecular weight excluding hydrogens is 267 g/mol. The Kier molecular flexibility index (Phi) is 5.30. The van der Waals surface area contributed by atoms with E-state index in [1.54, 1.807) is 12.1 Å². The maximum absolute atomic E-state index is 12.9. The van der Waals surface area contributed by atoms with E-state index in [-0.39, 0.29) is 18.5 Å². The van der Waals surface area contributed by atoms with Gasteiger partial charge in [0.05, 0.1) is 0 Å². The topological polar surface area (TPSA) is 45.0 Å². The molecule has 0 amide bonds. The SMILES string of the molecule is C[C@H](NCc1ccccc1OCC#N)c1ccc(F)cc1. The first-order chi connectivity index (χ1) is 10.2. The monoisotopic (exact) mass is 284 g/mol. The molecule has 0 fully saturated rings. The highest BCUT2D eigenvalue weighted by Gasteiger charge is 2.07. The van der Waals surface area contributed by atoms with Crippen molar-refractivity contribution in [1.29, 1.82) is 5.26 Å². The summed E-state index contributed by atoms with van der Waals surface area (Å²) in [4.78, 5) is 0. The van der Waals surface area contributed by atoms with Crippen molar-refractivity contribution in [2.24, 2.45) is 0 Å². The van der Waals surface area contributed by atoms with E-state index >= 15 is 0 Å².